The van der Waals surface area contributed by atoms with Crippen molar-refractivity contribution in [3.05, 3.63) is 147 Å². The third kappa shape index (κ3) is 4.97. The van der Waals surface area contributed by atoms with Gasteiger partial charge in [0, 0.05) is 46.8 Å². The van der Waals surface area contributed by atoms with Crippen LogP contribution in [0.15, 0.2) is 95.0 Å². The summed E-state index contributed by atoms with van der Waals surface area (Å²) in [6, 6.07) is 24.2. The van der Waals surface area contributed by atoms with E-state index in [1.54, 1.807) is 54.6 Å². The molecule has 0 spiro atoms. The van der Waals surface area contributed by atoms with Gasteiger partial charge in [-0.3, -0.25) is 0 Å². The van der Waals surface area contributed by atoms with Crippen LogP contribution in [0.5, 0.6) is 0 Å². The summed E-state index contributed by atoms with van der Waals surface area (Å²) in [6.07, 6.45) is 0. The molecule has 204 valence electrons. The maximum atomic E-state index is 7.96. The Kier molecular flexibility index (Phi) is 9.01. The maximum Gasteiger partial charge on any atom is 0.134 e. The van der Waals surface area contributed by atoms with Gasteiger partial charge in [0.05, 0.1) is 10.1 Å². The zero-order chi connectivity index (χ0) is 29.0. The van der Waals surface area contributed by atoms with Crippen LogP contribution < -0.4 is 0 Å². The normalized spacial score (nSPS) is 21.2. The number of hydrogen-bond acceptors (Lipinski definition) is 0. The molecule has 2 unspecified atom stereocenters. The van der Waals surface area contributed by atoms with Gasteiger partial charge in [-0.1, -0.05) is 135 Å². The first-order valence-corrected chi connectivity index (χ1v) is 15.3. The van der Waals surface area contributed by atoms with Crippen molar-refractivity contribution >= 4 is 127 Å². The lowest BCUT2D eigenvalue weighted by Crippen LogP contribution is -2.46. The minimum atomic E-state index is -1.82. The predicted octanol–water partition coefficient (Wildman–Crippen LogP) is 13.5. The topological polar surface area (TPSA) is 0 Å². The van der Waals surface area contributed by atoms with E-state index in [0.29, 0.717) is 53.5 Å². The molecule has 40 heavy (non-hydrogen) atoms. The van der Waals surface area contributed by atoms with Crippen LogP contribution in [0.1, 0.15) is 22.3 Å². The van der Waals surface area contributed by atoms with E-state index in [-0.39, 0.29) is 20.1 Å². The summed E-state index contributed by atoms with van der Waals surface area (Å²) in [5.41, 5.74) is 2.73. The Labute approximate surface area is 281 Å². The molecule has 0 saturated carbocycles. The molecule has 0 N–H and O–H groups in total. The number of halogens is 10. The molecular formula is C30H14Cl10. The maximum absolute atomic E-state index is 7.96. The second kappa shape index (κ2) is 11.7. The highest BCUT2D eigenvalue weighted by Crippen LogP contribution is 2.69. The Morgan fingerprint density at radius 2 is 1.10 bits per heavy atom. The van der Waals surface area contributed by atoms with Gasteiger partial charge in [0.25, 0.3) is 0 Å². The molecular weight excluding hydrogens is 715 g/mol. The standard InChI is InChI=1S/C30H14Cl10/c31-17-9-10-20(23(36)14-17)24-25(15-5-2-1-3-6-15)30(40,26-21(34)7-4-8-22(26)35)29(39,28(38)27(24)37)16-11-18(32)13-19(33)12-16/h1-14H. The predicted molar refractivity (Wildman–Crippen MR) is 176 cm³/mol. The van der Waals surface area contributed by atoms with Gasteiger partial charge in [0.15, 0.2) is 0 Å². The highest BCUT2D eigenvalue weighted by atomic mass is 35.5. The summed E-state index contributed by atoms with van der Waals surface area (Å²) >= 11 is 69.7. The molecule has 0 radical (unpaired) electrons. The summed E-state index contributed by atoms with van der Waals surface area (Å²) in [6.45, 7) is 0. The summed E-state index contributed by atoms with van der Waals surface area (Å²) in [5.74, 6) is 0. The number of benzene rings is 4. The highest BCUT2D eigenvalue weighted by Gasteiger charge is 2.62. The van der Waals surface area contributed by atoms with Gasteiger partial charge >= 0.3 is 0 Å². The van der Waals surface area contributed by atoms with Gasteiger partial charge in [-0.05, 0) is 59.2 Å². The molecule has 1 aliphatic carbocycles. The quantitative estimate of drug-likeness (QED) is 0.184. The van der Waals surface area contributed by atoms with E-state index in [4.69, 9.17) is 116 Å². The Balaban J connectivity index is 2.06. The van der Waals surface area contributed by atoms with Gasteiger partial charge in [-0.15, -0.1) is 23.2 Å². The van der Waals surface area contributed by atoms with Crippen molar-refractivity contribution in [2.75, 3.05) is 0 Å². The van der Waals surface area contributed by atoms with Crippen LogP contribution in [0.25, 0.3) is 11.1 Å². The van der Waals surface area contributed by atoms with Crippen molar-refractivity contribution in [3.63, 3.8) is 0 Å². The van der Waals surface area contributed by atoms with Crippen molar-refractivity contribution in [3.8, 4) is 0 Å². The second-order valence-corrected chi connectivity index (χ2v) is 13.4. The van der Waals surface area contributed by atoms with Crippen molar-refractivity contribution < 1.29 is 0 Å². The van der Waals surface area contributed by atoms with Crippen molar-refractivity contribution in [1.29, 1.82) is 0 Å². The molecule has 10 heteroatoms. The third-order valence-electron chi connectivity index (χ3n) is 6.61. The fourth-order valence-electron chi connectivity index (χ4n) is 4.96. The van der Waals surface area contributed by atoms with Crippen LogP contribution in [-0.4, -0.2) is 0 Å². The van der Waals surface area contributed by atoms with Crippen LogP contribution in [0, 0.1) is 0 Å². The molecule has 0 bridgehead atoms. The summed E-state index contributed by atoms with van der Waals surface area (Å²) in [7, 11) is 0. The SMILES string of the molecule is ClC1=C(Cl)C(Cl)(c2cc(Cl)cc(Cl)c2)C(Cl)(c2c(Cl)cccc2Cl)C(c2ccccc2)=C1c1ccc(Cl)cc1Cl. The lowest BCUT2D eigenvalue weighted by Gasteiger charge is -2.49. The fourth-order valence-corrected chi connectivity index (χ4v) is 8.55. The zero-order valence-corrected chi connectivity index (χ0v) is 27.4. The summed E-state index contributed by atoms with van der Waals surface area (Å²) < 4.78 is 0. The molecule has 5 rings (SSSR count). The monoisotopic (exact) mass is 724 g/mol. The Hall–Kier alpha value is -0.740. The largest absolute Gasteiger partial charge is 0.134 e. The molecule has 4 aromatic carbocycles. The molecule has 0 aromatic heterocycles. The number of hydrogen-bond donors (Lipinski definition) is 0. The first-order valence-electron chi connectivity index (χ1n) is 11.5. The van der Waals surface area contributed by atoms with Gasteiger partial charge < -0.3 is 0 Å². The first kappa shape index (κ1) is 30.7. The van der Waals surface area contributed by atoms with Crippen LogP contribution >= 0.6 is 116 Å². The van der Waals surface area contributed by atoms with E-state index in [9.17, 15) is 0 Å². The number of allylic oxidation sites excluding steroid dienone is 4. The highest BCUT2D eigenvalue weighted by molar-refractivity contribution is 6.56. The molecule has 0 aliphatic heterocycles. The van der Waals surface area contributed by atoms with Crippen molar-refractivity contribution in [2.24, 2.45) is 0 Å². The van der Waals surface area contributed by atoms with E-state index in [2.05, 4.69) is 0 Å². The minimum Gasteiger partial charge on any atom is -0.106 e. The van der Waals surface area contributed by atoms with Gasteiger partial charge in [0.1, 0.15) is 9.75 Å². The molecule has 0 saturated heterocycles. The third-order valence-corrected chi connectivity index (χ3v) is 10.7. The van der Waals surface area contributed by atoms with Crippen LogP contribution in [0.4, 0.5) is 0 Å². The average molecular weight is 729 g/mol. The fraction of sp³-hybridized carbons (Fsp3) is 0.0667. The summed E-state index contributed by atoms with van der Waals surface area (Å²) in [5, 5.41) is 1.96. The zero-order valence-electron chi connectivity index (χ0n) is 19.9. The van der Waals surface area contributed by atoms with Gasteiger partial charge in [0.2, 0.25) is 0 Å². The van der Waals surface area contributed by atoms with E-state index in [1.807, 2.05) is 30.3 Å². The van der Waals surface area contributed by atoms with Crippen LogP contribution in [0.2, 0.25) is 30.1 Å². The van der Waals surface area contributed by atoms with E-state index >= 15 is 0 Å². The number of alkyl halides is 2. The molecule has 0 amide bonds. The molecule has 2 atom stereocenters. The minimum absolute atomic E-state index is 0.0131. The molecule has 1 aliphatic rings. The van der Waals surface area contributed by atoms with Crippen LogP contribution in [0.3, 0.4) is 0 Å². The van der Waals surface area contributed by atoms with Gasteiger partial charge in [-0.25, -0.2) is 0 Å². The van der Waals surface area contributed by atoms with E-state index in [0.717, 1.165) is 0 Å². The van der Waals surface area contributed by atoms with Crippen molar-refractivity contribution in [1.82, 2.24) is 0 Å². The van der Waals surface area contributed by atoms with E-state index < -0.39 is 9.75 Å². The second-order valence-electron chi connectivity index (χ2n) is 8.94. The molecule has 4 aromatic rings. The smallest absolute Gasteiger partial charge is 0.106 e. The Bertz CT molecular complexity index is 1670. The van der Waals surface area contributed by atoms with Crippen molar-refractivity contribution in [2.45, 2.75) is 9.75 Å². The molecule has 0 heterocycles. The Morgan fingerprint density at radius 3 is 1.68 bits per heavy atom. The lowest BCUT2D eigenvalue weighted by molar-refractivity contribution is 0.598. The van der Waals surface area contributed by atoms with Crippen LogP contribution in [-0.2, 0) is 9.75 Å². The Morgan fingerprint density at radius 1 is 0.500 bits per heavy atom. The lowest BCUT2D eigenvalue weighted by atomic mass is 9.67. The number of rotatable bonds is 4. The van der Waals surface area contributed by atoms with E-state index in [1.165, 1.54) is 0 Å². The average Bonchev–Trinajstić information content (AvgIpc) is 2.90. The van der Waals surface area contributed by atoms with Gasteiger partial charge in [-0.2, -0.15) is 0 Å². The first-order chi connectivity index (χ1) is 18.9. The molecule has 0 nitrogen and oxygen atoms in total. The molecule has 0 fully saturated rings. The summed E-state index contributed by atoms with van der Waals surface area (Å²) in [4.78, 5) is -3.61.